The Kier molecular flexibility index (Phi) is 4.33. The van der Waals surface area contributed by atoms with Gasteiger partial charge in [-0.15, -0.1) is 0 Å². The summed E-state index contributed by atoms with van der Waals surface area (Å²) in [5.74, 6) is 0.813. The zero-order chi connectivity index (χ0) is 14.8. The van der Waals surface area contributed by atoms with Crippen LogP contribution in [-0.2, 0) is 9.53 Å². The summed E-state index contributed by atoms with van der Waals surface area (Å²) in [4.78, 5) is 12.3. The molecular formula is C15H19ClN2O3. The van der Waals surface area contributed by atoms with E-state index in [1.54, 1.807) is 6.07 Å². The monoisotopic (exact) mass is 310 g/mol. The number of carbonyl (C=O) groups excluding carboxylic acids is 1. The number of hydrogen-bond acceptors (Lipinski definition) is 4. The largest absolute Gasteiger partial charge is 0.491 e. The summed E-state index contributed by atoms with van der Waals surface area (Å²) in [5.41, 5.74) is 7.00. The molecule has 1 fully saturated rings. The second-order valence-electron chi connectivity index (χ2n) is 5.53. The zero-order valence-electron chi connectivity index (χ0n) is 11.7. The number of nitrogens with two attached hydrogens (primary N) is 1. The predicted octanol–water partition coefficient (Wildman–Crippen LogP) is 1.64. The minimum Gasteiger partial charge on any atom is -0.491 e. The van der Waals surface area contributed by atoms with Crippen molar-refractivity contribution < 1.29 is 14.3 Å². The van der Waals surface area contributed by atoms with Gasteiger partial charge in [0.15, 0.2) is 0 Å². The van der Waals surface area contributed by atoms with Gasteiger partial charge in [0.05, 0.1) is 12.1 Å². The number of nitrogens with one attached hydrogen (secondary N) is 1. The van der Waals surface area contributed by atoms with Gasteiger partial charge >= 0.3 is 0 Å². The van der Waals surface area contributed by atoms with Crippen molar-refractivity contribution in [2.45, 2.75) is 24.9 Å². The van der Waals surface area contributed by atoms with E-state index in [1.807, 2.05) is 12.1 Å². The van der Waals surface area contributed by atoms with Crippen LogP contribution in [0.3, 0.4) is 0 Å². The molecule has 2 aliphatic heterocycles. The van der Waals surface area contributed by atoms with Gasteiger partial charge in [0.2, 0.25) is 5.91 Å². The summed E-state index contributed by atoms with van der Waals surface area (Å²) in [6.07, 6.45) is 1.66. The Labute approximate surface area is 128 Å². The standard InChI is InChI=1S/C15H19ClN2O3/c16-10-1-2-13-11(7-10)12(8-21-13)18-15(19)14(17)9-3-5-20-6-4-9/h1-2,7,9,12,14H,3-6,8,17H2,(H,18,19). The lowest BCUT2D eigenvalue weighted by Gasteiger charge is -2.27. The highest BCUT2D eigenvalue weighted by atomic mass is 35.5. The van der Waals surface area contributed by atoms with Crippen molar-refractivity contribution in [2.75, 3.05) is 19.8 Å². The number of halogens is 1. The Morgan fingerprint density at radius 3 is 2.90 bits per heavy atom. The van der Waals surface area contributed by atoms with Gasteiger partial charge in [0.25, 0.3) is 0 Å². The Balaban J connectivity index is 1.65. The average molecular weight is 311 g/mol. The fourth-order valence-corrected chi connectivity index (χ4v) is 3.04. The van der Waals surface area contributed by atoms with Crippen LogP contribution in [0.25, 0.3) is 0 Å². The van der Waals surface area contributed by atoms with Crippen LogP contribution in [0.1, 0.15) is 24.4 Å². The van der Waals surface area contributed by atoms with E-state index in [0.29, 0.717) is 24.8 Å². The molecule has 21 heavy (non-hydrogen) atoms. The van der Waals surface area contributed by atoms with Crippen molar-refractivity contribution in [1.29, 1.82) is 0 Å². The maximum Gasteiger partial charge on any atom is 0.237 e. The highest BCUT2D eigenvalue weighted by Crippen LogP contribution is 2.34. The smallest absolute Gasteiger partial charge is 0.237 e. The lowest BCUT2D eigenvalue weighted by Crippen LogP contribution is -2.48. The first-order valence-corrected chi connectivity index (χ1v) is 7.59. The van der Waals surface area contributed by atoms with Crippen molar-refractivity contribution in [3.05, 3.63) is 28.8 Å². The minimum atomic E-state index is -0.503. The molecule has 0 saturated carbocycles. The van der Waals surface area contributed by atoms with E-state index < -0.39 is 6.04 Å². The van der Waals surface area contributed by atoms with Gasteiger partial charge in [-0.3, -0.25) is 4.79 Å². The van der Waals surface area contributed by atoms with Crippen molar-refractivity contribution in [3.8, 4) is 5.75 Å². The molecule has 0 radical (unpaired) electrons. The molecule has 0 aliphatic carbocycles. The van der Waals surface area contributed by atoms with Crippen molar-refractivity contribution in [2.24, 2.45) is 11.7 Å². The summed E-state index contributed by atoms with van der Waals surface area (Å²) in [5, 5.41) is 3.60. The fraction of sp³-hybridized carbons (Fsp3) is 0.533. The molecule has 3 rings (SSSR count). The Morgan fingerprint density at radius 2 is 2.14 bits per heavy atom. The van der Waals surface area contributed by atoms with E-state index in [-0.39, 0.29) is 17.9 Å². The first-order valence-electron chi connectivity index (χ1n) is 7.21. The molecule has 1 saturated heterocycles. The lowest BCUT2D eigenvalue weighted by atomic mass is 9.91. The van der Waals surface area contributed by atoms with Gasteiger partial charge in [-0.1, -0.05) is 11.6 Å². The highest BCUT2D eigenvalue weighted by molar-refractivity contribution is 6.30. The van der Waals surface area contributed by atoms with E-state index in [9.17, 15) is 4.79 Å². The van der Waals surface area contributed by atoms with Gasteiger partial charge < -0.3 is 20.5 Å². The van der Waals surface area contributed by atoms with Crippen molar-refractivity contribution >= 4 is 17.5 Å². The molecule has 2 heterocycles. The third-order valence-electron chi connectivity index (χ3n) is 4.15. The topological polar surface area (TPSA) is 73.6 Å². The van der Waals surface area contributed by atoms with E-state index in [0.717, 1.165) is 24.2 Å². The molecule has 0 spiro atoms. The second kappa shape index (κ2) is 6.22. The lowest BCUT2D eigenvalue weighted by molar-refractivity contribution is -0.125. The van der Waals surface area contributed by atoms with Crippen LogP contribution in [0.5, 0.6) is 5.75 Å². The Morgan fingerprint density at radius 1 is 1.38 bits per heavy atom. The normalized spacial score (nSPS) is 23.2. The van der Waals surface area contributed by atoms with E-state index in [4.69, 9.17) is 26.8 Å². The Bertz CT molecular complexity index is 532. The van der Waals surface area contributed by atoms with Crippen LogP contribution >= 0.6 is 11.6 Å². The van der Waals surface area contributed by atoms with Gasteiger partial charge in [0, 0.05) is 23.8 Å². The van der Waals surface area contributed by atoms with Crippen LogP contribution in [0.15, 0.2) is 18.2 Å². The SMILES string of the molecule is NC(C(=O)NC1COc2ccc(Cl)cc21)C1CCOCC1. The van der Waals surface area contributed by atoms with Gasteiger partial charge in [-0.25, -0.2) is 0 Å². The van der Waals surface area contributed by atoms with Gasteiger partial charge in [-0.2, -0.15) is 0 Å². The van der Waals surface area contributed by atoms with Crippen molar-refractivity contribution in [1.82, 2.24) is 5.32 Å². The number of carbonyl (C=O) groups is 1. The van der Waals surface area contributed by atoms with Gasteiger partial charge in [0.1, 0.15) is 12.4 Å². The number of rotatable bonds is 3. The highest BCUT2D eigenvalue weighted by Gasteiger charge is 2.31. The first kappa shape index (κ1) is 14.6. The molecule has 3 N–H and O–H groups in total. The third-order valence-corrected chi connectivity index (χ3v) is 4.38. The fourth-order valence-electron chi connectivity index (χ4n) is 2.86. The Hall–Kier alpha value is -1.30. The van der Waals surface area contributed by atoms with Crippen LogP contribution < -0.4 is 15.8 Å². The molecule has 2 unspecified atom stereocenters. The second-order valence-corrected chi connectivity index (χ2v) is 5.97. The third kappa shape index (κ3) is 3.15. The molecule has 2 atom stereocenters. The molecule has 0 aromatic heterocycles. The van der Waals surface area contributed by atoms with E-state index >= 15 is 0 Å². The average Bonchev–Trinajstić information content (AvgIpc) is 2.89. The van der Waals surface area contributed by atoms with E-state index in [1.165, 1.54) is 0 Å². The number of amides is 1. The van der Waals surface area contributed by atoms with Crippen LogP contribution in [0.2, 0.25) is 5.02 Å². The molecular weight excluding hydrogens is 292 g/mol. The van der Waals surface area contributed by atoms with Crippen LogP contribution in [0, 0.1) is 5.92 Å². The quantitative estimate of drug-likeness (QED) is 0.890. The summed E-state index contributed by atoms with van der Waals surface area (Å²) in [7, 11) is 0. The predicted molar refractivity (Wildman–Crippen MR) is 79.3 cm³/mol. The summed E-state index contributed by atoms with van der Waals surface area (Å²) < 4.78 is 10.9. The number of hydrogen-bond donors (Lipinski definition) is 2. The van der Waals surface area contributed by atoms with E-state index in [2.05, 4.69) is 5.32 Å². The summed E-state index contributed by atoms with van der Waals surface area (Å²) in [6, 6.07) is 4.74. The molecule has 2 aliphatic rings. The minimum absolute atomic E-state index is 0.136. The van der Waals surface area contributed by atoms with Gasteiger partial charge in [-0.05, 0) is 37.0 Å². The molecule has 1 amide bonds. The maximum absolute atomic E-state index is 12.3. The molecule has 6 heteroatoms. The number of fused-ring (bicyclic) bond motifs is 1. The molecule has 1 aromatic carbocycles. The van der Waals surface area contributed by atoms with Crippen molar-refractivity contribution in [3.63, 3.8) is 0 Å². The van der Waals surface area contributed by atoms with Crippen LogP contribution in [0.4, 0.5) is 0 Å². The first-order chi connectivity index (χ1) is 10.1. The summed E-state index contributed by atoms with van der Waals surface area (Å²) >= 11 is 6.00. The molecule has 0 bridgehead atoms. The number of benzene rings is 1. The molecule has 5 nitrogen and oxygen atoms in total. The summed E-state index contributed by atoms with van der Waals surface area (Å²) in [6.45, 7) is 1.77. The molecule has 1 aromatic rings. The number of ether oxygens (including phenoxy) is 2. The van der Waals surface area contributed by atoms with Crippen LogP contribution in [-0.4, -0.2) is 31.8 Å². The molecule has 114 valence electrons. The maximum atomic E-state index is 12.3. The zero-order valence-corrected chi connectivity index (χ0v) is 12.4.